The molecule has 0 radical (unpaired) electrons. The third-order valence-electron chi connectivity index (χ3n) is 14.8. The monoisotopic (exact) mass is 990 g/mol. The molecule has 0 fully saturated rings. The molecule has 0 aliphatic rings. The number of benzene rings is 11. The van der Waals surface area contributed by atoms with E-state index in [-0.39, 0.29) is 0 Å². The summed E-state index contributed by atoms with van der Waals surface area (Å²) >= 11 is 3.72. The zero-order valence-electron chi connectivity index (χ0n) is 40.4. The second-order valence-corrected chi connectivity index (χ2v) is 21.4. The largest absolute Gasteiger partial charge is 0.452 e. The summed E-state index contributed by atoms with van der Waals surface area (Å²) in [6.45, 7) is 0. The molecule has 350 valence electrons. The smallest absolute Gasteiger partial charge is 0.180 e. The van der Waals surface area contributed by atoms with Gasteiger partial charge >= 0.3 is 0 Å². The minimum absolute atomic E-state index is 0.675. The van der Waals surface area contributed by atoms with Gasteiger partial charge in [0.25, 0.3) is 0 Å². The van der Waals surface area contributed by atoms with E-state index >= 15 is 0 Å². The molecule has 0 aliphatic heterocycles. The maximum atomic E-state index is 6.75. The standard InChI is InChI=1S/C70H42N2OS2/c1-5-15-43(16-6-1)48-28-31-64-58(35-48)60-40-54(45-19-9-3-10-20-45)38-56(69(60)74-64)51-24-13-23-47(33-51)50-27-30-63-62(37-50)67-68(73-63)66(71-42-72-67)53-26-14-25-52(34-53)57-39-55(46-21-11-4-12-22-46)41-61-59-36-49(44-17-7-2-8-18-44)29-32-65(59)75-70(57)61/h1-42H. The Balaban J connectivity index is 0.826. The predicted molar refractivity (Wildman–Crippen MR) is 319 cm³/mol. The molecule has 0 atom stereocenters. The summed E-state index contributed by atoms with van der Waals surface area (Å²) in [7, 11) is 0. The van der Waals surface area contributed by atoms with Crippen molar-refractivity contribution in [2.75, 3.05) is 0 Å². The maximum absolute atomic E-state index is 6.75. The van der Waals surface area contributed by atoms with E-state index in [0.717, 1.165) is 44.4 Å². The van der Waals surface area contributed by atoms with E-state index in [0.29, 0.717) is 5.58 Å². The molecule has 0 aliphatic carbocycles. The Morgan fingerprint density at radius 1 is 0.280 bits per heavy atom. The van der Waals surface area contributed by atoms with Gasteiger partial charge in [-0.3, -0.25) is 0 Å². The first-order chi connectivity index (χ1) is 37.1. The fourth-order valence-corrected chi connectivity index (χ4v) is 13.5. The van der Waals surface area contributed by atoms with Crippen LogP contribution in [0.1, 0.15) is 0 Å². The first-order valence-electron chi connectivity index (χ1n) is 25.2. The van der Waals surface area contributed by atoms with Crippen LogP contribution >= 0.6 is 22.7 Å². The van der Waals surface area contributed by atoms with Crippen molar-refractivity contribution in [3.63, 3.8) is 0 Å². The van der Waals surface area contributed by atoms with Crippen LogP contribution in [0.5, 0.6) is 0 Å². The SMILES string of the molecule is c1ccc(-c2ccc3sc4c(-c5cccc(-c6ccc7oc8c(-c9cccc(-c%10cc(-c%11ccccc%11)cc%11c%10sc%10ccc(-c%12ccccc%12)cc%10%11)c9)ncnc8c7c6)c5)cc(-c5ccccc5)cc4c3c2)cc1. The zero-order chi connectivity index (χ0) is 49.4. The van der Waals surface area contributed by atoms with Gasteiger partial charge < -0.3 is 4.42 Å². The molecule has 11 aromatic carbocycles. The van der Waals surface area contributed by atoms with Crippen LogP contribution in [-0.2, 0) is 0 Å². The van der Waals surface area contributed by atoms with E-state index in [4.69, 9.17) is 14.4 Å². The Morgan fingerprint density at radius 2 is 0.680 bits per heavy atom. The number of hydrogen-bond acceptors (Lipinski definition) is 5. The molecule has 0 saturated carbocycles. The van der Waals surface area contributed by atoms with Crippen molar-refractivity contribution >= 4 is 85.1 Å². The van der Waals surface area contributed by atoms with Crippen molar-refractivity contribution in [2.24, 2.45) is 0 Å². The van der Waals surface area contributed by atoms with Gasteiger partial charge in [-0.2, -0.15) is 0 Å². The van der Waals surface area contributed by atoms with Gasteiger partial charge in [-0.05, 0) is 140 Å². The number of nitrogens with zero attached hydrogens (tertiary/aromatic N) is 2. The summed E-state index contributed by atoms with van der Waals surface area (Å²) in [4.78, 5) is 9.81. The van der Waals surface area contributed by atoms with Crippen LogP contribution in [0, 0.1) is 0 Å². The Hall–Kier alpha value is -9.26. The van der Waals surface area contributed by atoms with Crippen molar-refractivity contribution in [3.8, 4) is 89.1 Å². The third kappa shape index (κ3) is 7.55. The number of fused-ring (bicyclic) bond motifs is 9. The molecule has 15 aromatic rings. The minimum Gasteiger partial charge on any atom is -0.452 e. The molecule has 0 amide bonds. The van der Waals surface area contributed by atoms with Crippen molar-refractivity contribution in [2.45, 2.75) is 0 Å². The highest BCUT2D eigenvalue weighted by Crippen LogP contribution is 2.47. The summed E-state index contributed by atoms with van der Waals surface area (Å²) in [5.74, 6) is 0. The van der Waals surface area contributed by atoms with Gasteiger partial charge in [0.1, 0.15) is 23.1 Å². The lowest BCUT2D eigenvalue weighted by Gasteiger charge is -2.11. The molecular formula is C70H42N2OS2. The van der Waals surface area contributed by atoms with Crippen LogP contribution in [0.4, 0.5) is 0 Å². The lowest BCUT2D eigenvalue weighted by molar-refractivity contribution is 0.667. The number of furan rings is 1. The Morgan fingerprint density at radius 3 is 1.21 bits per heavy atom. The number of aromatic nitrogens is 2. The van der Waals surface area contributed by atoms with Crippen LogP contribution in [0.15, 0.2) is 259 Å². The minimum atomic E-state index is 0.675. The molecule has 0 bridgehead atoms. The highest BCUT2D eigenvalue weighted by Gasteiger charge is 2.20. The van der Waals surface area contributed by atoms with Crippen molar-refractivity contribution in [3.05, 3.63) is 255 Å². The molecule has 75 heavy (non-hydrogen) atoms. The number of thiophene rings is 2. The number of rotatable bonds is 8. The van der Waals surface area contributed by atoms with Gasteiger partial charge in [-0.15, -0.1) is 22.7 Å². The highest BCUT2D eigenvalue weighted by molar-refractivity contribution is 7.26. The first-order valence-corrected chi connectivity index (χ1v) is 26.9. The van der Waals surface area contributed by atoms with Crippen LogP contribution in [0.25, 0.3) is 152 Å². The molecule has 4 heterocycles. The highest BCUT2D eigenvalue weighted by atomic mass is 32.1. The molecule has 3 nitrogen and oxygen atoms in total. The van der Waals surface area contributed by atoms with E-state index in [1.165, 1.54) is 102 Å². The zero-order valence-corrected chi connectivity index (χ0v) is 42.0. The molecule has 0 saturated heterocycles. The van der Waals surface area contributed by atoms with E-state index in [9.17, 15) is 0 Å². The third-order valence-corrected chi connectivity index (χ3v) is 17.2. The van der Waals surface area contributed by atoms with Gasteiger partial charge in [-0.25, -0.2) is 9.97 Å². The molecule has 4 aromatic heterocycles. The Labute approximate surface area is 440 Å². The predicted octanol–water partition coefficient (Wildman–Crippen LogP) is 20.4. The van der Waals surface area contributed by atoms with Gasteiger partial charge in [0, 0.05) is 62.4 Å². The molecule has 0 unspecified atom stereocenters. The molecule has 0 spiro atoms. The molecule has 0 N–H and O–H groups in total. The van der Waals surface area contributed by atoms with E-state index in [1.54, 1.807) is 6.33 Å². The fraction of sp³-hybridized carbons (Fsp3) is 0. The lowest BCUT2D eigenvalue weighted by Crippen LogP contribution is -1.88. The second kappa shape index (κ2) is 17.7. The van der Waals surface area contributed by atoms with Crippen LogP contribution in [0.2, 0.25) is 0 Å². The van der Waals surface area contributed by atoms with Crippen molar-refractivity contribution in [1.82, 2.24) is 9.97 Å². The summed E-state index contributed by atoms with van der Waals surface area (Å²) in [5.41, 5.74) is 20.5. The normalized spacial score (nSPS) is 11.7. The van der Waals surface area contributed by atoms with Crippen LogP contribution in [0.3, 0.4) is 0 Å². The van der Waals surface area contributed by atoms with Gasteiger partial charge in [-0.1, -0.05) is 176 Å². The summed E-state index contributed by atoms with van der Waals surface area (Å²) in [5, 5.41) is 6.02. The van der Waals surface area contributed by atoms with Crippen LogP contribution < -0.4 is 0 Å². The quantitative estimate of drug-likeness (QED) is 0.152. The first kappa shape index (κ1) is 43.3. The summed E-state index contributed by atoms with van der Waals surface area (Å²) in [6, 6.07) is 90.2. The molecule has 15 rings (SSSR count). The van der Waals surface area contributed by atoms with E-state index < -0.39 is 0 Å². The topological polar surface area (TPSA) is 38.9 Å². The maximum Gasteiger partial charge on any atom is 0.180 e. The average Bonchev–Trinajstić information content (AvgIpc) is 4.22. The van der Waals surface area contributed by atoms with E-state index in [1.807, 2.05) is 22.7 Å². The second-order valence-electron chi connectivity index (χ2n) is 19.3. The van der Waals surface area contributed by atoms with Gasteiger partial charge in [0.05, 0.1) is 0 Å². The van der Waals surface area contributed by atoms with Crippen LogP contribution in [-0.4, -0.2) is 9.97 Å². The molecule has 5 heteroatoms. The average molecular weight is 991 g/mol. The van der Waals surface area contributed by atoms with Gasteiger partial charge in [0.2, 0.25) is 0 Å². The Bertz CT molecular complexity index is 4690. The van der Waals surface area contributed by atoms with E-state index in [2.05, 4.69) is 249 Å². The summed E-state index contributed by atoms with van der Waals surface area (Å²) in [6.07, 6.45) is 1.68. The lowest BCUT2D eigenvalue weighted by atomic mass is 9.93. The van der Waals surface area contributed by atoms with Crippen molar-refractivity contribution in [1.29, 1.82) is 0 Å². The fourth-order valence-electron chi connectivity index (χ4n) is 11.1. The van der Waals surface area contributed by atoms with Crippen molar-refractivity contribution < 1.29 is 4.42 Å². The number of hydrogen-bond donors (Lipinski definition) is 0. The van der Waals surface area contributed by atoms with Gasteiger partial charge in [0.15, 0.2) is 5.58 Å². The summed E-state index contributed by atoms with van der Waals surface area (Å²) < 4.78 is 11.8. The Kier molecular flexibility index (Phi) is 10.3. The molecular weight excluding hydrogens is 949 g/mol.